The van der Waals surface area contributed by atoms with Gasteiger partial charge in [-0.25, -0.2) is 0 Å². The fourth-order valence-corrected chi connectivity index (χ4v) is 4.47. The molecule has 3 aromatic rings. The monoisotopic (exact) mass is 400 g/mol. The lowest BCUT2D eigenvalue weighted by Gasteiger charge is -2.44. The molecule has 154 valence electrons. The molecule has 1 amide bonds. The highest BCUT2D eigenvalue weighted by atomic mass is 16.5. The molecule has 0 saturated carbocycles. The van der Waals surface area contributed by atoms with Gasteiger partial charge in [-0.15, -0.1) is 0 Å². The Hall–Kier alpha value is -3.27. The Bertz CT molecular complexity index is 1020. The number of hydrogen-bond acceptors (Lipinski definition) is 3. The van der Waals surface area contributed by atoms with Crippen molar-refractivity contribution >= 4 is 17.3 Å². The molecular weight excluding hydrogens is 372 g/mol. The molecule has 0 N–H and O–H groups in total. The summed E-state index contributed by atoms with van der Waals surface area (Å²) in [6, 6.07) is 27.0. The number of nitrogens with zero attached hydrogens (tertiary/aromatic N) is 2. The van der Waals surface area contributed by atoms with Crippen molar-refractivity contribution in [3.05, 3.63) is 90.0 Å². The Morgan fingerprint density at radius 3 is 2.50 bits per heavy atom. The van der Waals surface area contributed by atoms with E-state index >= 15 is 0 Å². The van der Waals surface area contributed by atoms with Gasteiger partial charge in [-0.2, -0.15) is 0 Å². The van der Waals surface area contributed by atoms with E-state index in [0.29, 0.717) is 0 Å². The van der Waals surface area contributed by atoms with E-state index in [1.165, 1.54) is 16.8 Å². The van der Waals surface area contributed by atoms with Crippen LogP contribution in [0.4, 0.5) is 11.4 Å². The van der Waals surface area contributed by atoms with Gasteiger partial charge >= 0.3 is 0 Å². The fourth-order valence-electron chi connectivity index (χ4n) is 4.47. The number of rotatable bonds is 5. The van der Waals surface area contributed by atoms with Crippen molar-refractivity contribution in [2.45, 2.75) is 38.9 Å². The fraction of sp³-hybridized carbons (Fsp3) is 0.269. The molecule has 0 bridgehead atoms. The molecule has 0 aliphatic carbocycles. The van der Waals surface area contributed by atoms with Gasteiger partial charge in [0, 0.05) is 30.9 Å². The summed E-state index contributed by atoms with van der Waals surface area (Å²) in [7, 11) is 1.70. The molecule has 1 aliphatic rings. The van der Waals surface area contributed by atoms with Crippen LogP contribution in [-0.2, 0) is 11.3 Å². The number of benzene rings is 3. The Kier molecular flexibility index (Phi) is 5.75. The molecule has 30 heavy (non-hydrogen) atoms. The van der Waals surface area contributed by atoms with Crippen LogP contribution in [0.2, 0.25) is 0 Å². The topological polar surface area (TPSA) is 32.8 Å². The zero-order valence-electron chi connectivity index (χ0n) is 17.8. The molecule has 0 saturated heterocycles. The lowest BCUT2D eigenvalue weighted by molar-refractivity contribution is -0.117. The second-order valence-electron chi connectivity index (χ2n) is 7.86. The van der Waals surface area contributed by atoms with Crippen LogP contribution in [0.3, 0.4) is 0 Å². The van der Waals surface area contributed by atoms with Crippen LogP contribution >= 0.6 is 0 Å². The highest BCUT2D eigenvalue weighted by molar-refractivity contribution is 5.92. The minimum absolute atomic E-state index is 0.0117. The normalized spacial score (nSPS) is 17.9. The van der Waals surface area contributed by atoms with E-state index in [9.17, 15) is 4.79 Å². The molecule has 0 aromatic heterocycles. The van der Waals surface area contributed by atoms with Gasteiger partial charge in [0.05, 0.1) is 13.2 Å². The summed E-state index contributed by atoms with van der Waals surface area (Å²) in [6.07, 6.45) is 0.870. The van der Waals surface area contributed by atoms with Crippen molar-refractivity contribution in [2.24, 2.45) is 0 Å². The van der Waals surface area contributed by atoms with E-state index in [2.05, 4.69) is 48.2 Å². The molecule has 1 heterocycles. The second kappa shape index (κ2) is 8.62. The number of anilines is 2. The predicted molar refractivity (Wildman–Crippen MR) is 122 cm³/mol. The SMILES string of the molecule is COc1cccc(CN2c3ccccc3[C@@H](N(C(C)=O)c3ccccc3)C[C@H]2C)c1. The van der Waals surface area contributed by atoms with Crippen molar-refractivity contribution in [3.63, 3.8) is 0 Å². The smallest absolute Gasteiger partial charge is 0.224 e. The Balaban J connectivity index is 1.72. The zero-order chi connectivity index (χ0) is 21.1. The zero-order valence-corrected chi connectivity index (χ0v) is 17.8. The summed E-state index contributed by atoms with van der Waals surface area (Å²) in [6.45, 7) is 4.70. The van der Waals surface area contributed by atoms with Gasteiger partial charge < -0.3 is 14.5 Å². The van der Waals surface area contributed by atoms with Crippen LogP contribution in [0.15, 0.2) is 78.9 Å². The van der Waals surface area contributed by atoms with Gasteiger partial charge in [-0.3, -0.25) is 4.79 Å². The van der Waals surface area contributed by atoms with E-state index in [1.54, 1.807) is 14.0 Å². The van der Waals surface area contributed by atoms with Crippen molar-refractivity contribution in [1.82, 2.24) is 0 Å². The molecule has 4 heteroatoms. The van der Waals surface area contributed by atoms with Crippen LogP contribution in [-0.4, -0.2) is 19.1 Å². The number of carbonyl (C=O) groups excluding carboxylic acids is 1. The van der Waals surface area contributed by atoms with E-state index in [1.807, 2.05) is 47.4 Å². The maximum atomic E-state index is 12.7. The van der Waals surface area contributed by atoms with Crippen LogP contribution in [0.1, 0.15) is 37.4 Å². The number of carbonyl (C=O) groups is 1. The lowest BCUT2D eigenvalue weighted by Crippen LogP contribution is -2.44. The van der Waals surface area contributed by atoms with Crippen LogP contribution in [0.25, 0.3) is 0 Å². The Labute approximate surface area is 178 Å². The maximum absolute atomic E-state index is 12.7. The van der Waals surface area contributed by atoms with Crippen LogP contribution in [0.5, 0.6) is 5.75 Å². The average molecular weight is 401 g/mol. The molecule has 0 fully saturated rings. The minimum atomic E-state index is 0.0117. The number of ether oxygens (including phenoxy) is 1. The first-order chi connectivity index (χ1) is 14.6. The Morgan fingerprint density at radius 1 is 1.03 bits per heavy atom. The van der Waals surface area contributed by atoms with Gasteiger partial charge in [-0.1, -0.05) is 48.5 Å². The molecule has 3 aromatic carbocycles. The number of hydrogen-bond donors (Lipinski definition) is 0. The molecule has 4 rings (SSSR count). The first kappa shape index (κ1) is 20.0. The molecule has 1 aliphatic heterocycles. The van der Waals surface area contributed by atoms with Gasteiger partial charge in [0.25, 0.3) is 0 Å². The molecule has 2 atom stereocenters. The number of fused-ring (bicyclic) bond motifs is 1. The second-order valence-corrected chi connectivity index (χ2v) is 7.86. The van der Waals surface area contributed by atoms with Crippen LogP contribution < -0.4 is 14.5 Å². The summed E-state index contributed by atoms with van der Waals surface area (Å²) >= 11 is 0. The molecular formula is C26H28N2O2. The summed E-state index contributed by atoms with van der Waals surface area (Å²) in [5.41, 5.74) is 4.53. The third-order valence-electron chi connectivity index (χ3n) is 5.87. The molecule has 4 nitrogen and oxygen atoms in total. The van der Waals surface area contributed by atoms with Crippen molar-refractivity contribution < 1.29 is 9.53 Å². The number of para-hydroxylation sites is 2. The molecule has 0 radical (unpaired) electrons. The Morgan fingerprint density at radius 2 is 1.77 bits per heavy atom. The molecule has 0 unspecified atom stereocenters. The minimum Gasteiger partial charge on any atom is -0.497 e. The third-order valence-corrected chi connectivity index (χ3v) is 5.87. The molecule has 0 spiro atoms. The average Bonchev–Trinajstić information content (AvgIpc) is 2.77. The summed E-state index contributed by atoms with van der Waals surface area (Å²) < 4.78 is 5.40. The first-order valence-electron chi connectivity index (χ1n) is 10.4. The standard InChI is InChI=1S/C26H28N2O2/c1-19-16-26(28(20(2)29)22-11-5-4-6-12-22)24-14-7-8-15-25(24)27(19)18-21-10-9-13-23(17-21)30-3/h4-15,17,19,26H,16,18H2,1-3H3/t19-,26+/m1/s1. The van der Waals surface area contributed by atoms with Crippen molar-refractivity contribution in [3.8, 4) is 5.75 Å². The largest absolute Gasteiger partial charge is 0.497 e. The van der Waals surface area contributed by atoms with E-state index in [4.69, 9.17) is 4.74 Å². The van der Waals surface area contributed by atoms with E-state index < -0.39 is 0 Å². The highest BCUT2D eigenvalue weighted by Crippen LogP contribution is 2.42. The predicted octanol–water partition coefficient (Wildman–Crippen LogP) is 5.59. The van der Waals surface area contributed by atoms with E-state index in [0.717, 1.165) is 24.4 Å². The summed E-state index contributed by atoms with van der Waals surface area (Å²) in [4.78, 5) is 17.1. The van der Waals surface area contributed by atoms with E-state index in [-0.39, 0.29) is 18.0 Å². The third kappa shape index (κ3) is 3.90. The van der Waals surface area contributed by atoms with Gasteiger partial charge in [-0.05, 0) is 54.8 Å². The van der Waals surface area contributed by atoms with Gasteiger partial charge in [0.15, 0.2) is 0 Å². The van der Waals surface area contributed by atoms with Crippen molar-refractivity contribution in [1.29, 1.82) is 0 Å². The maximum Gasteiger partial charge on any atom is 0.224 e. The summed E-state index contributed by atoms with van der Waals surface area (Å²) in [5.74, 6) is 0.935. The quantitative estimate of drug-likeness (QED) is 0.560. The number of amides is 1. The van der Waals surface area contributed by atoms with Gasteiger partial charge in [0.1, 0.15) is 5.75 Å². The van der Waals surface area contributed by atoms with Crippen molar-refractivity contribution in [2.75, 3.05) is 16.9 Å². The highest BCUT2D eigenvalue weighted by Gasteiger charge is 2.35. The first-order valence-corrected chi connectivity index (χ1v) is 10.4. The van der Waals surface area contributed by atoms with Gasteiger partial charge in [0.2, 0.25) is 5.91 Å². The lowest BCUT2D eigenvalue weighted by atomic mass is 9.89. The number of methoxy groups -OCH3 is 1. The summed E-state index contributed by atoms with van der Waals surface area (Å²) in [5, 5.41) is 0. The van der Waals surface area contributed by atoms with Crippen LogP contribution in [0, 0.1) is 0 Å².